The first-order chi connectivity index (χ1) is 26.9. The van der Waals surface area contributed by atoms with E-state index in [-0.39, 0.29) is 11.5 Å². The molecule has 0 heterocycles. The van der Waals surface area contributed by atoms with Crippen LogP contribution in [0.2, 0.25) is 39.3 Å². The van der Waals surface area contributed by atoms with E-state index in [2.05, 4.69) is 158 Å². The van der Waals surface area contributed by atoms with Gasteiger partial charge in [0.05, 0.1) is 27.5 Å². The van der Waals surface area contributed by atoms with Crippen molar-refractivity contribution in [1.82, 2.24) is 0 Å². The van der Waals surface area contributed by atoms with Crippen LogP contribution < -0.4 is 20.2 Å². The zero-order chi connectivity index (χ0) is 38.9. The minimum atomic E-state index is -1.49. The van der Waals surface area contributed by atoms with Gasteiger partial charge in [0.2, 0.25) is 0 Å². The maximum absolute atomic E-state index is 10.3. The Balaban J connectivity index is 1.28. The maximum Gasteiger partial charge on any atom is 0.115 e. The first-order valence-electron chi connectivity index (χ1n) is 19.4. The van der Waals surface area contributed by atoms with E-state index in [1.807, 2.05) is 24.3 Å². The highest BCUT2D eigenvalue weighted by Crippen LogP contribution is 2.49. The number of anilines is 6. The highest BCUT2D eigenvalue weighted by molar-refractivity contribution is 6.89. The van der Waals surface area contributed by atoms with Crippen molar-refractivity contribution >= 4 is 104 Å². The molecule has 9 aromatic rings. The van der Waals surface area contributed by atoms with E-state index < -0.39 is 16.1 Å². The Bertz CT molecular complexity index is 2650. The number of hydrogen-bond donors (Lipinski definition) is 2. The lowest BCUT2D eigenvalue weighted by Crippen LogP contribution is -2.37. The smallest absolute Gasteiger partial charge is 0.115 e. The molecule has 0 spiro atoms. The van der Waals surface area contributed by atoms with E-state index in [0.29, 0.717) is 0 Å². The van der Waals surface area contributed by atoms with Crippen molar-refractivity contribution in [1.29, 1.82) is 0 Å². The monoisotopic (exact) mass is 762 g/mol. The molecule has 0 unspecified atom stereocenters. The average molecular weight is 763 g/mol. The zero-order valence-corrected chi connectivity index (χ0v) is 34.8. The summed E-state index contributed by atoms with van der Waals surface area (Å²) in [5.41, 5.74) is 6.30. The molecule has 0 fully saturated rings. The second-order valence-corrected chi connectivity index (χ2v) is 27.2. The number of rotatable bonds is 8. The second-order valence-electron chi connectivity index (χ2n) is 17.0. The highest BCUT2D eigenvalue weighted by atomic mass is 28.3. The number of hydrogen-bond acceptors (Lipinski definition) is 4. The van der Waals surface area contributed by atoms with E-state index in [1.54, 1.807) is 24.3 Å². The standard InChI is InChI=1S/C50H46N2O2Si2/c1-55(2,3)39-25-17-35(18-26-39)51(33-13-21-37(53)22-14-33)47-31-29-43-42-10-8-12-46-48(32-30-44(50(42)46)41-9-7-11-45(47)49(41)43)52(34-15-23-38(54)24-16-34)36-19-27-40(28-20-36)56(4,5)6/h7-32,53-54H,1-6H3. The molecule has 0 aliphatic carbocycles. The van der Waals surface area contributed by atoms with Gasteiger partial charge in [-0.1, -0.05) is 122 Å². The van der Waals surface area contributed by atoms with Crippen LogP contribution in [0.5, 0.6) is 11.5 Å². The summed E-state index contributed by atoms with van der Waals surface area (Å²) in [7, 11) is -2.99. The molecular formula is C50H46N2O2Si2. The summed E-state index contributed by atoms with van der Waals surface area (Å²) in [5, 5.41) is 33.0. The van der Waals surface area contributed by atoms with Crippen LogP contribution in [0.25, 0.3) is 43.1 Å². The molecule has 6 heteroatoms. The summed E-state index contributed by atoms with van der Waals surface area (Å²) in [6.45, 7) is 14.3. The predicted octanol–water partition coefficient (Wildman–Crippen LogP) is 13.2. The molecule has 0 radical (unpaired) electrons. The van der Waals surface area contributed by atoms with Crippen molar-refractivity contribution < 1.29 is 10.2 Å². The van der Waals surface area contributed by atoms with Gasteiger partial charge in [-0.15, -0.1) is 0 Å². The average Bonchev–Trinajstić information content (AvgIpc) is 3.19. The number of benzene rings is 9. The molecule has 56 heavy (non-hydrogen) atoms. The molecule has 0 saturated carbocycles. The number of phenolic OH excluding ortho intramolecular Hbond substituents is 2. The normalized spacial score (nSPS) is 12.2. The molecule has 0 atom stereocenters. The zero-order valence-electron chi connectivity index (χ0n) is 32.8. The van der Waals surface area contributed by atoms with Gasteiger partial charge in [0.15, 0.2) is 0 Å². The Kier molecular flexibility index (Phi) is 8.45. The minimum Gasteiger partial charge on any atom is -0.508 e. The largest absolute Gasteiger partial charge is 0.508 e. The summed E-state index contributed by atoms with van der Waals surface area (Å²) in [6, 6.07) is 55.7. The van der Waals surface area contributed by atoms with Crippen LogP contribution in [0, 0.1) is 0 Å². The fraction of sp³-hybridized carbons (Fsp3) is 0.120. The van der Waals surface area contributed by atoms with Crippen molar-refractivity contribution in [2.75, 3.05) is 9.80 Å². The quantitative estimate of drug-likeness (QED) is 0.0919. The Morgan fingerprint density at radius 2 is 0.607 bits per heavy atom. The number of nitrogens with zero attached hydrogens (tertiary/aromatic N) is 2. The van der Waals surface area contributed by atoms with Gasteiger partial charge in [-0.05, 0) is 117 Å². The first kappa shape index (κ1) is 35.6. The fourth-order valence-electron chi connectivity index (χ4n) is 8.35. The Hall–Kier alpha value is -6.09. The summed E-state index contributed by atoms with van der Waals surface area (Å²) >= 11 is 0. The predicted molar refractivity (Wildman–Crippen MR) is 246 cm³/mol. The third-order valence-electron chi connectivity index (χ3n) is 11.3. The molecule has 2 N–H and O–H groups in total. The van der Waals surface area contributed by atoms with Gasteiger partial charge in [-0.25, -0.2) is 0 Å². The molecule has 0 aliphatic rings. The Morgan fingerprint density at radius 3 is 0.929 bits per heavy atom. The first-order valence-corrected chi connectivity index (χ1v) is 26.4. The Labute approximate surface area is 330 Å². The van der Waals surface area contributed by atoms with Gasteiger partial charge in [-0.3, -0.25) is 0 Å². The van der Waals surface area contributed by atoms with Crippen molar-refractivity contribution in [2.24, 2.45) is 0 Å². The van der Waals surface area contributed by atoms with Gasteiger partial charge in [-0.2, -0.15) is 0 Å². The van der Waals surface area contributed by atoms with Crippen molar-refractivity contribution in [3.63, 3.8) is 0 Å². The lowest BCUT2D eigenvalue weighted by atomic mass is 9.88. The number of fused-ring (bicyclic) bond motifs is 2. The summed E-state index contributed by atoms with van der Waals surface area (Å²) < 4.78 is 0. The van der Waals surface area contributed by atoms with Gasteiger partial charge in [0.25, 0.3) is 0 Å². The maximum atomic E-state index is 10.3. The van der Waals surface area contributed by atoms with Crippen LogP contribution in [-0.2, 0) is 0 Å². The molecule has 4 nitrogen and oxygen atoms in total. The fourth-order valence-corrected chi connectivity index (χ4v) is 10.7. The third-order valence-corrected chi connectivity index (χ3v) is 15.4. The van der Waals surface area contributed by atoms with E-state index in [1.165, 1.54) is 53.5 Å². The molecule has 0 bridgehead atoms. The number of phenols is 2. The van der Waals surface area contributed by atoms with Crippen molar-refractivity contribution in [2.45, 2.75) is 39.3 Å². The number of aromatic hydroxyl groups is 2. The van der Waals surface area contributed by atoms with Gasteiger partial charge < -0.3 is 20.0 Å². The van der Waals surface area contributed by atoms with Crippen LogP contribution in [0.4, 0.5) is 34.1 Å². The second kappa shape index (κ2) is 13.3. The highest BCUT2D eigenvalue weighted by Gasteiger charge is 2.24. The molecule has 0 aliphatic heterocycles. The molecule has 0 saturated heterocycles. The molecular weight excluding hydrogens is 717 g/mol. The third kappa shape index (κ3) is 6.06. The van der Waals surface area contributed by atoms with Crippen LogP contribution in [0.15, 0.2) is 158 Å². The van der Waals surface area contributed by atoms with Crippen LogP contribution in [0.1, 0.15) is 0 Å². The summed E-state index contributed by atoms with van der Waals surface area (Å²) in [5.74, 6) is 0.493. The molecule has 9 aromatic carbocycles. The summed E-state index contributed by atoms with van der Waals surface area (Å²) in [4.78, 5) is 4.64. The van der Waals surface area contributed by atoms with Crippen molar-refractivity contribution in [3.8, 4) is 11.5 Å². The lowest BCUT2D eigenvalue weighted by molar-refractivity contribution is 0.475. The van der Waals surface area contributed by atoms with Gasteiger partial charge in [0, 0.05) is 33.5 Å². The molecule has 0 aromatic heterocycles. The van der Waals surface area contributed by atoms with Gasteiger partial charge in [0.1, 0.15) is 11.5 Å². The topological polar surface area (TPSA) is 46.9 Å². The Morgan fingerprint density at radius 1 is 0.321 bits per heavy atom. The van der Waals surface area contributed by atoms with E-state index in [0.717, 1.165) is 34.1 Å². The molecule has 0 amide bonds. The van der Waals surface area contributed by atoms with Crippen LogP contribution in [-0.4, -0.2) is 26.4 Å². The minimum absolute atomic E-state index is 0.247. The van der Waals surface area contributed by atoms with Crippen LogP contribution in [0.3, 0.4) is 0 Å². The van der Waals surface area contributed by atoms with E-state index >= 15 is 0 Å². The lowest BCUT2D eigenvalue weighted by Gasteiger charge is -2.29. The molecule has 9 rings (SSSR count). The van der Waals surface area contributed by atoms with Gasteiger partial charge >= 0.3 is 0 Å². The van der Waals surface area contributed by atoms with Crippen LogP contribution >= 0.6 is 0 Å². The van der Waals surface area contributed by atoms with E-state index in [9.17, 15) is 10.2 Å². The van der Waals surface area contributed by atoms with Crippen molar-refractivity contribution in [3.05, 3.63) is 158 Å². The summed E-state index contributed by atoms with van der Waals surface area (Å²) in [6.07, 6.45) is 0. The SMILES string of the molecule is C[Si](C)(C)c1ccc(N(c2ccc(O)cc2)c2ccc3c4cccc5c(N(c6ccc(O)cc6)c6ccc([Si](C)(C)C)cc6)ccc(c6cccc2c63)c54)cc1. The molecule has 276 valence electrons. The van der Waals surface area contributed by atoms with E-state index in [4.69, 9.17) is 0 Å².